The van der Waals surface area contributed by atoms with Gasteiger partial charge in [-0.25, -0.2) is 23.1 Å². The van der Waals surface area contributed by atoms with Crippen molar-refractivity contribution in [2.75, 3.05) is 5.73 Å². The fourth-order valence-electron chi connectivity index (χ4n) is 1.39. The fraction of sp³-hybridized carbons (Fsp3) is 0.0909. The molecule has 0 fully saturated rings. The first-order valence-corrected chi connectivity index (χ1v) is 6.67. The third kappa shape index (κ3) is 2.82. The number of nitrogen functional groups attached to an aromatic ring is 1. The van der Waals surface area contributed by atoms with Gasteiger partial charge in [0.1, 0.15) is 11.2 Å². The van der Waals surface area contributed by atoms with Crippen LogP contribution in [0, 0.1) is 0 Å². The van der Waals surface area contributed by atoms with Crippen LogP contribution in [-0.2, 0) is 16.6 Å². The highest BCUT2D eigenvalue weighted by molar-refractivity contribution is 7.89. The number of hydrogen-bond acceptors (Lipinski definition) is 5. The van der Waals surface area contributed by atoms with Crippen LogP contribution in [0.1, 0.15) is 5.69 Å². The summed E-state index contributed by atoms with van der Waals surface area (Å²) in [6.07, 6.45) is 2.91. The maximum Gasteiger partial charge on any atom is 0.242 e. The van der Waals surface area contributed by atoms with Crippen molar-refractivity contribution in [2.45, 2.75) is 11.4 Å². The fourth-order valence-corrected chi connectivity index (χ4v) is 2.52. The van der Waals surface area contributed by atoms with Crippen LogP contribution in [-0.4, -0.2) is 18.4 Å². The summed E-state index contributed by atoms with van der Waals surface area (Å²) in [5.41, 5.74) is 6.43. The number of aromatic nitrogens is 2. The second-order valence-corrected chi connectivity index (χ2v) is 5.30. The van der Waals surface area contributed by atoms with E-state index in [1.54, 1.807) is 30.5 Å². The number of rotatable bonds is 4. The lowest BCUT2D eigenvalue weighted by Gasteiger charge is -2.08. The molecule has 0 bridgehead atoms. The van der Waals surface area contributed by atoms with Crippen molar-refractivity contribution in [1.29, 1.82) is 0 Å². The summed E-state index contributed by atoms with van der Waals surface area (Å²) in [7, 11) is -3.62. The zero-order valence-corrected chi connectivity index (χ0v) is 10.3. The van der Waals surface area contributed by atoms with Gasteiger partial charge < -0.3 is 5.73 Å². The van der Waals surface area contributed by atoms with E-state index in [0.717, 1.165) is 0 Å². The normalized spacial score (nSPS) is 11.3. The number of anilines is 1. The van der Waals surface area contributed by atoms with E-state index in [-0.39, 0.29) is 17.1 Å². The predicted octanol–water partition coefficient (Wildman–Crippen LogP) is 0.537. The summed E-state index contributed by atoms with van der Waals surface area (Å²) in [5, 5.41) is 0. The smallest absolute Gasteiger partial charge is 0.242 e. The van der Waals surface area contributed by atoms with Crippen LogP contribution < -0.4 is 10.5 Å². The van der Waals surface area contributed by atoms with Gasteiger partial charge in [-0.1, -0.05) is 12.1 Å². The molecule has 0 unspecified atom stereocenters. The molecule has 1 heterocycles. The summed E-state index contributed by atoms with van der Waals surface area (Å²) >= 11 is 0. The van der Waals surface area contributed by atoms with E-state index in [4.69, 9.17) is 5.73 Å². The van der Waals surface area contributed by atoms with Crippen molar-refractivity contribution >= 4 is 15.7 Å². The van der Waals surface area contributed by atoms with E-state index in [1.807, 2.05) is 0 Å². The Labute approximate surface area is 105 Å². The van der Waals surface area contributed by atoms with Crippen molar-refractivity contribution in [1.82, 2.24) is 14.7 Å². The molecule has 0 saturated heterocycles. The van der Waals surface area contributed by atoms with Crippen LogP contribution in [0.5, 0.6) is 0 Å². The molecule has 1 aromatic carbocycles. The maximum atomic E-state index is 12.0. The molecule has 0 aliphatic carbocycles. The van der Waals surface area contributed by atoms with E-state index in [0.29, 0.717) is 5.69 Å². The molecule has 1 aromatic heterocycles. The van der Waals surface area contributed by atoms with Gasteiger partial charge in [-0.15, -0.1) is 0 Å². The van der Waals surface area contributed by atoms with Gasteiger partial charge in [-0.3, -0.25) is 0 Å². The summed E-state index contributed by atoms with van der Waals surface area (Å²) in [6, 6.07) is 7.93. The van der Waals surface area contributed by atoms with Gasteiger partial charge in [-0.2, -0.15) is 0 Å². The first kappa shape index (κ1) is 12.5. The molecule has 2 rings (SSSR count). The average molecular weight is 264 g/mol. The average Bonchev–Trinajstić information content (AvgIpc) is 2.38. The van der Waals surface area contributed by atoms with Gasteiger partial charge in [0, 0.05) is 6.20 Å². The molecule has 3 N–H and O–H groups in total. The van der Waals surface area contributed by atoms with Gasteiger partial charge >= 0.3 is 0 Å². The highest BCUT2D eigenvalue weighted by Gasteiger charge is 2.16. The molecule has 0 atom stereocenters. The van der Waals surface area contributed by atoms with Crippen molar-refractivity contribution in [3.8, 4) is 0 Å². The van der Waals surface area contributed by atoms with Crippen LogP contribution in [0.25, 0.3) is 0 Å². The van der Waals surface area contributed by atoms with E-state index in [1.165, 1.54) is 12.4 Å². The lowest BCUT2D eigenvalue weighted by Crippen LogP contribution is -2.24. The lowest BCUT2D eigenvalue weighted by molar-refractivity contribution is 0.581. The van der Waals surface area contributed by atoms with Crippen LogP contribution in [0.4, 0.5) is 5.69 Å². The minimum atomic E-state index is -3.62. The molecule has 0 spiro atoms. The summed E-state index contributed by atoms with van der Waals surface area (Å²) in [6.45, 7) is 0.0964. The summed E-state index contributed by atoms with van der Waals surface area (Å²) in [5.74, 6) is 0. The molecular formula is C11H12N4O2S. The second kappa shape index (κ2) is 5.11. The van der Waals surface area contributed by atoms with Crippen LogP contribution in [0.15, 0.2) is 47.8 Å². The SMILES string of the molecule is Nc1ccccc1S(=O)(=O)NCc1ccncn1. The van der Waals surface area contributed by atoms with Crippen molar-refractivity contribution in [3.05, 3.63) is 48.5 Å². The van der Waals surface area contributed by atoms with E-state index < -0.39 is 10.0 Å². The monoisotopic (exact) mass is 264 g/mol. The number of para-hydroxylation sites is 1. The first-order valence-electron chi connectivity index (χ1n) is 5.18. The van der Waals surface area contributed by atoms with Crippen LogP contribution >= 0.6 is 0 Å². The highest BCUT2D eigenvalue weighted by Crippen LogP contribution is 2.16. The number of benzene rings is 1. The molecule has 0 saturated carbocycles. The second-order valence-electron chi connectivity index (χ2n) is 3.56. The molecular weight excluding hydrogens is 252 g/mol. The maximum absolute atomic E-state index is 12.0. The molecule has 0 amide bonds. The standard InChI is InChI=1S/C11H12N4O2S/c12-10-3-1-2-4-11(10)18(16,17)15-7-9-5-6-13-8-14-9/h1-6,8,15H,7,12H2. The Balaban J connectivity index is 2.16. The number of hydrogen-bond donors (Lipinski definition) is 2. The molecule has 2 aromatic rings. The third-order valence-electron chi connectivity index (χ3n) is 2.30. The first-order chi connectivity index (χ1) is 8.59. The van der Waals surface area contributed by atoms with E-state index in [2.05, 4.69) is 14.7 Å². The number of sulfonamides is 1. The quantitative estimate of drug-likeness (QED) is 0.785. The Morgan fingerprint density at radius 1 is 1.22 bits per heavy atom. The van der Waals surface area contributed by atoms with E-state index in [9.17, 15) is 8.42 Å². The largest absolute Gasteiger partial charge is 0.398 e. The van der Waals surface area contributed by atoms with Gasteiger partial charge in [0.05, 0.1) is 17.9 Å². The van der Waals surface area contributed by atoms with Crippen LogP contribution in [0.2, 0.25) is 0 Å². The minimum Gasteiger partial charge on any atom is -0.398 e. The zero-order chi connectivity index (χ0) is 13.0. The minimum absolute atomic E-state index is 0.0686. The summed E-state index contributed by atoms with van der Waals surface area (Å²) in [4.78, 5) is 7.75. The van der Waals surface area contributed by atoms with Gasteiger partial charge in [0.2, 0.25) is 10.0 Å². The predicted molar refractivity (Wildman–Crippen MR) is 66.9 cm³/mol. The number of nitrogens with one attached hydrogen (secondary N) is 1. The molecule has 18 heavy (non-hydrogen) atoms. The van der Waals surface area contributed by atoms with Crippen molar-refractivity contribution in [3.63, 3.8) is 0 Å². The molecule has 7 heteroatoms. The Morgan fingerprint density at radius 3 is 2.67 bits per heavy atom. The van der Waals surface area contributed by atoms with Gasteiger partial charge in [0.15, 0.2) is 0 Å². The highest BCUT2D eigenvalue weighted by atomic mass is 32.2. The van der Waals surface area contributed by atoms with Crippen LogP contribution in [0.3, 0.4) is 0 Å². The molecule has 0 radical (unpaired) electrons. The molecule has 0 aliphatic heterocycles. The molecule has 6 nitrogen and oxygen atoms in total. The van der Waals surface area contributed by atoms with E-state index >= 15 is 0 Å². The lowest BCUT2D eigenvalue weighted by atomic mass is 10.3. The Bertz CT molecular complexity index is 629. The third-order valence-corrected chi connectivity index (χ3v) is 3.77. The Morgan fingerprint density at radius 2 is 2.00 bits per heavy atom. The van der Waals surface area contributed by atoms with Gasteiger partial charge in [0.25, 0.3) is 0 Å². The Kier molecular flexibility index (Phi) is 3.54. The molecule has 94 valence electrons. The number of nitrogens with two attached hydrogens (primary N) is 1. The number of nitrogens with zero attached hydrogens (tertiary/aromatic N) is 2. The van der Waals surface area contributed by atoms with Gasteiger partial charge in [-0.05, 0) is 18.2 Å². The van der Waals surface area contributed by atoms with Crippen molar-refractivity contribution in [2.24, 2.45) is 0 Å². The van der Waals surface area contributed by atoms with Crippen molar-refractivity contribution < 1.29 is 8.42 Å². The summed E-state index contributed by atoms with van der Waals surface area (Å²) < 4.78 is 26.4. The topological polar surface area (TPSA) is 98.0 Å². The molecule has 0 aliphatic rings. The Hall–Kier alpha value is -1.99. The zero-order valence-electron chi connectivity index (χ0n) is 9.45.